The molecule has 0 unspecified atom stereocenters. The number of fused-ring (bicyclic) bond motifs is 9. The molecule has 0 atom stereocenters. The second kappa shape index (κ2) is 17.8. The van der Waals surface area contributed by atoms with E-state index in [4.69, 9.17) is 4.98 Å². The quantitative estimate of drug-likeness (QED) is 0.135. The van der Waals surface area contributed by atoms with E-state index in [1.165, 1.54) is 64.9 Å². The van der Waals surface area contributed by atoms with Crippen LogP contribution in [0.1, 0.15) is 0 Å². The molecule has 0 aliphatic carbocycles. The third kappa shape index (κ3) is 7.28. The monoisotopic (exact) mass is 969 g/mol. The molecule has 0 saturated heterocycles. The van der Waals surface area contributed by atoms with E-state index in [0.717, 1.165) is 67.9 Å². The summed E-state index contributed by atoms with van der Waals surface area (Å²) in [5, 5.41) is 12.0. The van der Waals surface area contributed by atoms with E-state index in [1.54, 1.807) is 0 Å². The molecule has 0 fully saturated rings. The lowest BCUT2D eigenvalue weighted by Crippen LogP contribution is -2.10. The van der Waals surface area contributed by atoms with E-state index in [1.807, 2.05) is 0 Å². The molecule has 2 aromatic heterocycles. The van der Waals surface area contributed by atoms with Gasteiger partial charge in [-0.15, -0.1) is 0 Å². The Balaban J connectivity index is 0.842. The first kappa shape index (κ1) is 43.4. The highest BCUT2D eigenvalue weighted by molar-refractivity contribution is 6.12. The van der Waals surface area contributed by atoms with Gasteiger partial charge in [0.15, 0.2) is 0 Å². The fourth-order valence-electron chi connectivity index (χ4n) is 11.6. The molecule has 0 aliphatic heterocycles. The van der Waals surface area contributed by atoms with Crippen LogP contribution in [0.3, 0.4) is 0 Å². The number of para-hydroxylation sites is 5. The highest BCUT2D eigenvalue weighted by Gasteiger charge is 2.21. The van der Waals surface area contributed by atoms with Crippen molar-refractivity contribution in [2.24, 2.45) is 0 Å². The van der Waals surface area contributed by atoms with Crippen LogP contribution in [0, 0.1) is 0 Å². The zero-order valence-electron chi connectivity index (χ0n) is 41.4. The summed E-state index contributed by atoms with van der Waals surface area (Å²) in [6, 6.07) is 103. The average Bonchev–Trinajstić information content (AvgIpc) is 4.05. The molecule has 0 aliphatic rings. The van der Waals surface area contributed by atoms with Crippen molar-refractivity contribution in [3.05, 3.63) is 285 Å². The van der Waals surface area contributed by atoms with Crippen molar-refractivity contribution >= 4 is 110 Å². The number of hydrogen-bond donors (Lipinski definition) is 0. The van der Waals surface area contributed by atoms with Gasteiger partial charge in [-0.05, 0) is 177 Å². The minimum Gasteiger partial charge on any atom is -0.310 e. The summed E-state index contributed by atoms with van der Waals surface area (Å²) < 4.78 is 4.64. The van der Waals surface area contributed by atoms with Crippen LogP contribution in [0.15, 0.2) is 285 Å². The van der Waals surface area contributed by atoms with E-state index in [0.29, 0.717) is 0 Å². The Kier molecular flexibility index (Phi) is 10.1. The smallest absolute Gasteiger partial charge is 0.145 e. The van der Waals surface area contributed by atoms with E-state index in [2.05, 4.69) is 304 Å². The molecule has 0 N–H and O–H groups in total. The van der Waals surface area contributed by atoms with Crippen LogP contribution in [0.4, 0.5) is 34.1 Å². The van der Waals surface area contributed by atoms with Crippen LogP contribution in [-0.4, -0.2) is 14.1 Å². The SMILES string of the molecule is c1ccc(-n2c(-c3ccc(N(c4ccc5ccccc5c4)c4ccc5c(ccc6cc(N(c7ccc8ccccc8c7)c7ccc8c(c7)c7ccccc7n8-c7ccccc7)ccc65)c4)cc3)nc3ccccc32)cc1. The molecular formula is C71H47N5. The molecule has 5 nitrogen and oxygen atoms in total. The van der Waals surface area contributed by atoms with Gasteiger partial charge in [0.25, 0.3) is 0 Å². The summed E-state index contributed by atoms with van der Waals surface area (Å²) in [5.41, 5.74) is 14.2. The first-order chi connectivity index (χ1) is 37.7. The second-order valence-corrected chi connectivity index (χ2v) is 19.6. The highest BCUT2D eigenvalue weighted by atomic mass is 15.2. The van der Waals surface area contributed by atoms with Crippen LogP contribution < -0.4 is 9.80 Å². The van der Waals surface area contributed by atoms with Crippen molar-refractivity contribution in [1.29, 1.82) is 0 Å². The fourth-order valence-corrected chi connectivity index (χ4v) is 11.6. The number of imidazole rings is 1. The minimum atomic E-state index is 0.908. The Bertz CT molecular complexity index is 4710. The Morgan fingerprint density at radius 1 is 0.250 bits per heavy atom. The summed E-state index contributed by atoms with van der Waals surface area (Å²) in [6.07, 6.45) is 0. The van der Waals surface area contributed by atoms with Gasteiger partial charge < -0.3 is 14.4 Å². The maximum Gasteiger partial charge on any atom is 0.145 e. The molecule has 13 aromatic carbocycles. The van der Waals surface area contributed by atoms with Crippen molar-refractivity contribution < 1.29 is 0 Å². The van der Waals surface area contributed by atoms with Gasteiger partial charge in [0, 0.05) is 61.8 Å². The van der Waals surface area contributed by atoms with Crippen LogP contribution in [0.25, 0.3) is 98.7 Å². The van der Waals surface area contributed by atoms with Crippen LogP contribution in [-0.2, 0) is 0 Å². The number of benzene rings is 13. The summed E-state index contributed by atoms with van der Waals surface area (Å²) in [6.45, 7) is 0. The minimum absolute atomic E-state index is 0.908. The largest absolute Gasteiger partial charge is 0.310 e. The van der Waals surface area contributed by atoms with Gasteiger partial charge in [-0.25, -0.2) is 4.98 Å². The van der Waals surface area contributed by atoms with Gasteiger partial charge in [-0.2, -0.15) is 0 Å². The predicted molar refractivity (Wildman–Crippen MR) is 320 cm³/mol. The van der Waals surface area contributed by atoms with Crippen LogP contribution in [0.5, 0.6) is 0 Å². The summed E-state index contributed by atoms with van der Waals surface area (Å²) in [4.78, 5) is 9.96. The number of anilines is 6. The van der Waals surface area contributed by atoms with Gasteiger partial charge in [-0.3, -0.25) is 4.57 Å². The molecule has 2 heterocycles. The fraction of sp³-hybridized carbons (Fsp3) is 0. The number of rotatable bonds is 9. The molecule has 0 bridgehead atoms. The molecule has 356 valence electrons. The normalized spacial score (nSPS) is 11.7. The maximum atomic E-state index is 5.18. The summed E-state index contributed by atoms with van der Waals surface area (Å²) in [7, 11) is 0. The van der Waals surface area contributed by atoms with E-state index >= 15 is 0 Å². The van der Waals surface area contributed by atoms with Gasteiger partial charge in [0.2, 0.25) is 0 Å². The molecule has 15 aromatic rings. The third-order valence-corrected chi connectivity index (χ3v) is 15.2. The van der Waals surface area contributed by atoms with Crippen molar-refractivity contribution in [2.75, 3.05) is 9.80 Å². The molecule has 5 heteroatoms. The van der Waals surface area contributed by atoms with Crippen molar-refractivity contribution in [3.63, 3.8) is 0 Å². The summed E-state index contributed by atoms with van der Waals surface area (Å²) >= 11 is 0. The van der Waals surface area contributed by atoms with Gasteiger partial charge in [0.1, 0.15) is 5.82 Å². The molecule has 76 heavy (non-hydrogen) atoms. The lowest BCUT2D eigenvalue weighted by atomic mass is 9.99. The maximum absolute atomic E-state index is 5.18. The molecule has 0 amide bonds. The van der Waals surface area contributed by atoms with E-state index in [-0.39, 0.29) is 0 Å². The van der Waals surface area contributed by atoms with Gasteiger partial charge in [-0.1, -0.05) is 152 Å². The number of nitrogens with zero attached hydrogens (tertiary/aromatic N) is 5. The zero-order valence-corrected chi connectivity index (χ0v) is 41.4. The lowest BCUT2D eigenvalue weighted by Gasteiger charge is -2.27. The Morgan fingerprint density at radius 3 is 1.29 bits per heavy atom. The van der Waals surface area contributed by atoms with Gasteiger partial charge >= 0.3 is 0 Å². The molecule has 0 spiro atoms. The molecular weight excluding hydrogens is 923 g/mol. The van der Waals surface area contributed by atoms with E-state index < -0.39 is 0 Å². The molecule has 0 radical (unpaired) electrons. The highest BCUT2D eigenvalue weighted by Crippen LogP contribution is 2.44. The first-order valence-corrected chi connectivity index (χ1v) is 25.9. The average molecular weight is 970 g/mol. The van der Waals surface area contributed by atoms with Crippen LogP contribution in [0.2, 0.25) is 0 Å². The summed E-state index contributed by atoms with van der Waals surface area (Å²) in [5.74, 6) is 0.908. The van der Waals surface area contributed by atoms with Gasteiger partial charge in [0.05, 0.1) is 22.1 Å². The Hall–Kier alpha value is -10.2. The Morgan fingerprint density at radius 2 is 0.671 bits per heavy atom. The second-order valence-electron chi connectivity index (χ2n) is 19.6. The van der Waals surface area contributed by atoms with Crippen molar-refractivity contribution in [3.8, 4) is 22.8 Å². The predicted octanol–water partition coefficient (Wildman–Crippen LogP) is 19.3. The van der Waals surface area contributed by atoms with Crippen molar-refractivity contribution in [1.82, 2.24) is 14.1 Å². The molecule has 0 saturated carbocycles. The number of aromatic nitrogens is 3. The molecule has 15 rings (SSSR count). The lowest BCUT2D eigenvalue weighted by molar-refractivity contribution is 1.10. The van der Waals surface area contributed by atoms with Crippen molar-refractivity contribution in [2.45, 2.75) is 0 Å². The third-order valence-electron chi connectivity index (χ3n) is 15.2. The van der Waals surface area contributed by atoms with Crippen LogP contribution >= 0.6 is 0 Å². The van der Waals surface area contributed by atoms with E-state index in [9.17, 15) is 0 Å². The first-order valence-electron chi connectivity index (χ1n) is 25.9. The zero-order chi connectivity index (χ0) is 50.1. The Labute approximate surface area is 439 Å². The topological polar surface area (TPSA) is 29.2 Å². The standard InChI is InChI=1S/C71H47N5/c1-3-19-55(20-4-1)75-68-25-13-11-23-65(68)66-47-62(39-42-69(66)75)74(59-36-30-49-16-8-10-18-52(49)44-59)61-38-41-64-54(46-61)28-27-53-45-60(37-40-63(53)64)73(58-35-29-48-15-7-9-17-51(48)43-58)57-33-31-50(32-34-57)71-72-67-24-12-14-26-70(67)76(71)56-21-5-2-6-22-56/h1-47H. The number of hydrogen-bond acceptors (Lipinski definition) is 3.